The minimum atomic E-state index is -0.120. The fourth-order valence-corrected chi connectivity index (χ4v) is 3.00. The van der Waals surface area contributed by atoms with Crippen LogP contribution >= 0.6 is 15.9 Å². The van der Waals surface area contributed by atoms with Crippen LogP contribution in [0, 0.1) is 6.92 Å². The third-order valence-electron chi connectivity index (χ3n) is 3.87. The van der Waals surface area contributed by atoms with E-state index in [4.69, 9.17) is 0 Å². The molecule has 114 valence electrons. The van der Waals surface area contributed by atoms with Crippen molar-refractivity contribution in [1.82, 2.24) is 4.98 Å². The van der Waals surface area contributed by atoms with E-state index < -0.39 is 0 Å². The van der Waals surface area contributed by atoms with E-state index in [-0.39, 0.29) is 5.91 Å². The summed E-state index contributed by atoms with van der Waals surface area (Å²) in [5.74, 6) is 0.662. The van der Waals surface area contributed by atoms with Gasteiger partial charge in [0, 0.05) is 29.4 Å². The minimum Gasteiger partial charge on any atom is -0.356 e. The molecule has 0 atom stereocenters. The number of aryl methyl sites for hydroxylation is 1. The Hall–Kier alpha value is -1.88. The number of amides is 1. The topological polar surface area (TPSA) is 45.2 Å². The van der Waals surface area contributed by atoms with Gasteiger partial charge in [-0.05, 0) is 49.6 Å². The summed E-state index contributed by atoms with van der Waals surface area (Å²) in [5.41, 5.74) is 2.54. The zero-order valence-electron chi connectivity index (χ0n) is 12.5. The molecule has 0 unspecified atom stereocenters. The van der Waals surface area contributed by atoms with Crippen molar-refractivity contribution in [3.05, 3.63) is 52.1 Å². The first-order chi connectivity index (χ1) is 10.6. The summed E-state index contributed by atoms with van der Waals surface area (Å²) in [5, 5.41) is 2.95. The van der Waals surface area contributed by atoms with Crippen molar-refractivity contribution in [2.75, 3.05) is 23.3 Å². The molecule has 22 heavy (non-hydrogen) atoms. The predicted molar refractivity (Wildman–Crippen MR) is 92.5 cm³/mol. The van der Waals surface area contributed by atoms with Crippen LogP contribution in [0.5, 0.6) is 0 Å². The number of aromatic nitrogens is 1. The Balaban J connectivity index is 1.84. The number of hydrogen-bond donors (Lipinski definition) is 1. The van der Waals surface area contributed by atoms with Crippen LogP contribution in [0.15, 0.2) is 41.0 Å². The maximum Gasteiger partial charge on any atom is 0.259 e. The van der Waals surface area contributed by atoms with E-state index in [2.05, 4.69) is 31.1 Å². The van der Waals surface area contributed by atoms with Crippen LogP contribution in [-0.2, 0) is 0 Å². The van der Waals surface area contributed by atoms with Crippen LogP contribution in [0.25, 0.3) is 0 Å². The molecule has 2 heterocycles. The van der Waals surface area contributed by atoms with Crippen molar-refractivity contribution in [3.63, 3.8) is 0 Å². The van der Waals surface area contributed by atoms with Gasteiger partial charge >= 0.3 is 0 Å². The SMILES string of the molecule is Cc1ccc(NC(=O)c2cccnc2N2CCCC2)cc1Br. The van der Waals surface area contributed by atoms with Gasteiger partial charge in [0.05, 0.1) is 5.56 Å². The third-order valence-corrected chi connectivity index (χ3v) is 4.72. The molecule has 5 heteroatoms. The van der Waals surface area contributed by atoms with Crippen LogP contribution in [0.4, 0.5) is 11.5 Å². The van der Waals surface area contributed by atoms with Gasteiger partial charge in [-0.2, -0.15) is 0 Å². The Bertz CT molecular complexity index is 696. The van der Waals surface area contributed by atoms with Crippen LogP contribution in [0.3, 0.4) is 0 Å². The fraction of sp³-hybridized carbons (Fsp3) is 0.294. The second kappa shape index (κ2) is 6.48. The van der Waals surface area contributed by atoms with E-state index in [9.17, 15) is 4.79 Å². The molecule has 0 radical (unpaired) electrons. The molecule has 0 bridgehead atoms. The van der Waals surface area contributed by atoms with Gasteiger partial charge in [-0.1, -0.05) is 22.0 Å². The molecule has 1 aliphatic heterocycles. The number of nitrogens with zero attached hydrogens (tertiary/aromatic N) is 2. The summed E-state index contributed by atoms with van der Waals surface area (Å²) in [6.07, 6.45) is 4.05. The van der Waals surface area contributed by atoms with Crippen molar-refractivity contribution < 1.29 is 4.79 Å². The number of benzene rings is 1. The normalized spacial score (nSPS) is 14.2. The molecule has 0 aliphatic carbocycles. The summed E-state index contributed by atoms with van der Waals surface area (Å²) in [6, 6.07) is 9.44. The Morgan fingerprint density at radius 1 is 1.27 bits per heavy atom. The van der Waals surface area contributed by atoms with Crippen molar-refractivity contribution >= 4 is 33.3 Å². The molecule has 1 N–H and O–H groups in total. The Kier molecular flexibility index (Phi) is 4.43. The highest BCUT2D eigenvalue weighted by atomic mass is 79.9. The number of carbonyl (C=O) groups excluding carboxylic acids is 1. The summed E-state index contributed by atoms with van der Waals surface area (Å²) >= 11 is 3.49. The predicted octanol–water partition coefficient (Wildman–Crippen LogP) is 4.01. The molecule has 1 saturated heterocycles. The molecule has 1 aliphatic rings. The van der Waals surface area contributed by atoms with Gasteiger partial charge in [-0.15, -0.1) is 0 Å². The number of rotatable bonds is 3. The molecular formula is C17H18BrN3O. The van der Waals surface area contributed by atoms with E-state index in [0.29, 0.717) is 5.56 Å². The summed E-state index contributed by atoms with van der Waals surface area (Å²) < 4.78 is 0.983. The average Bonchev–Trinajstić information content (AvgIpc) is 3.05. The van der Waals surface area contributed by atoms with Gasteiger partial charge in [-0.25, -0.2) is 4.98 Å². The molecule has 2 aromatic rings. The standard InChI is InChI=1S/C17H18BrN3O/c1-12-6-7-13(11-15(12)18)20-17(22)14-5-4-8-19-16(14)21-9-2-3-10-21/h4-8,11H,2-3,9-10H2,1H3,(H,20,22). The number of nitrogens with one attached hydrogen (secondary N) is 1. The smallest absolute Gasteiger partial charge is 0.259 e. The lowest BCUT2D eigenvalue weighted by Gasteiger charge is -2.19. The first-order valence-corrected chi connectivity index (χ1v) is 8.22. The zero-order chi connectivity index (χ0) is 15.5. The van der Waals surface area contributed by atoms with E-state index >= 15 is 0 Å². The lowest BCUT2D eigenvalue weighted by molar-refractivity contribution is 0.102. The number of anilines is 2. The lowest BCUT2D eigenvalue weighted by Crippen LogP contribution is -2.24. The minimum absolute atomic E-state index is 0.120. The first kappa shape index (κ1) is 15.0. The second-order valence-corrected chi connectivity index (χ2v) is 6.34. The molecular weight excluding hydrogens is 342 g/mol. The molecule has 4 nitrogen and oxygen atoms in total. The maximum atomic E-state index is 12.6. The van der Waals surface area contributed by atoms with Crippen LogP contribution in [-0.4, -0.2) is 24.0 Å². The van der Waals surface area contributed by atoms with Crippen molar-refractivity contribution in [2.45, 2.75) is 19.8 Å². The third kappa shape index (κ3) is 3.14. The van der Waals surface area contributed by atoms with Crippen molar-refractivity contribution in [1.29, 1.82) is 0 Å². The Morgan fingerprint density at radius 3 is 2.77 bits per heavy atom. The molecule has 0 spiro atoms. The van der Waals surface area contributed by atoms with Crippen LogP contribution in [0.2, 0.25) is 0 Å². The van der Waals surface area contributed by atoms with Crippen LogP contribution in [0.1, 0.15) is 28.8 Å². The van der Waals surface area contributed by atoms with Gasteiger partial charge in [-0.3, -0.25) is 4.79 Å². The first-order valence-electron chi connectivity index (χ1n) is 7.42. The zero-order valence-corrected chi connectivity index (χ0v) is 14.1. The van der Waals surface area contributed by atoms with Gasteiger partial charge in [0.25, 0.3) is 5.91 Å². The van der Waals surface area contributed by atoms with Gasteiger partial charge in [0.15, 0.2) is 0 Å². The van der Waals surface area contributed by atoms with E-state index in [1.807, 2.05) is 31.2 Å². The molecule has 1 aromatic heterocycles. The maximum absolute atomic E-state index is 12.6. The molecule has 0 saturated carbocycles. The summed E-state index contributed by atoms with van der Waals surface area (Å²) in [7, 11) is 0. The van der Waals surface area contributed by atoms with Gasteiger partial charge < -0.3 is 10.2 Å². The van der Waals surface area contributed by atoms with Crippen LogP contribution < -0.4 is 10.2 Å². The van der Waals surface area contributed by atoms with E-state index in [1.54, 1.807) is 12.3 Å². The summed E-state index contributed by atoms with van der Waals surface area (Å²) in [6.45, 7) is 3.95. The lowest BCUT2D eigenvalue weighted by atomic mass is 10.2. The average molecular weight is 360 g/mol. The second-order valence-electron chi connectivity index (χ2n) is 5.49. The summed E-state index contributed by atoms with van der Waals surface area (Å²) in [4.78, 5) is 19.2. The largest absolute Gasteiger partial charge is 0.356 e. The van der Waals surface area contributed by atoms with E-state index in [0.717, 1.165) is 47.5 Å². The Labute approximate surface area is 138 Å². The molecule has 3 rings (SSSR count). The Morgan fingerprint density at radius 2 is 2.05 bits per heavy atom. The van der Waals surface area contributed by atoms with E-state index in [1.165, 1.54) is 0 Å². The fourth-order valence-electron chi connectivity index (χ4n) is 2.62. The monoisotopic (exact) mass is 359 g/mol. The number of hydrogen-bond acceptors (Lipinski definition) is 3. The molecule has 1 fully saturated rings. The number of carbonyl (C=O) groups is 1. The van der Waals surface area contributed by atoms with Gasteiger partial charge in [0.1, 0.15) is 5.82 Å². The van der Waals surface area contributed by atoms with Crippen molar-refractivity contribution in [3.8, 4) is 0 Å². The quantitative estimate of drug-likeness (QED) is 0.900. The number of halogens is 1. The number of pyridine rings is 1. The molecule has 1 aromatic carbocycles. The highest BCUT2D eigenvalue weighted by molar-refractivity contribution is 9.10. The molecule has 1 amide bonds. The highest BCUT2D eigenvalue weighted by Crippen LogP contribution is 2.24. The highest BCUT2D eigenvalue weighted by Gasteiger charge is 2.20. The van der Waals surface area contributed by atoms with Crippen molar-refractivity contribution in [2.24, 2.45) is 0 Å². The van der Waals surface area contributed by atoms with Gasteiger partial charge in [0.2, 0.25) is 0 Å².